The van der Waals surface area contributed by atoms with Gasteiger partial charge in [0.2, 0.25) is 7.37 Å². The van der Waals surface area contributed by atoms with Crippen LogP contribution in [-0.4, -0.2) is 6.10 Å². The highest BCUT2D eigenvalue weighted by atomic mass is 79.9. The summed E-state index contributed by atoms with van der Waals surface area (Å²) in [4.78, 5) is 0. The Kier molecular flexibility index (Phi) is 4.81. The van der Waals surface area contributed by atoms with Crippen molar-refractivity contribution in [1.82, 2.24) is 0 Å². The van der Waals surface area contributed by atoms with E-state index in [0.29, 0.717) is 6.16 Å². The molecule has 1 aliphatic rings. The summed E-state index contributed by atoms with van der Waals surface area (Å²) in [6, 6.07) is 18.3. The van der Waals surface area contributed by atoms with Crippen molar-refractivity contribution in [3.8, 4) is 0 Å². The van der Waals surface area contributed by atoms with Crippen LogP contribution in [0, 0.1) is 0 Å². The summed E-state index contributed by atoms with van der Waals surface area (Å²) in [5.41, 5.74) is 3.87. The van der Waals surface area contributed by atoms with Crippen molar-refractivity contribution in [3.05, 3.63) is 75.8 Å². The van der Waals surface area contributed by atoms with Crippen LogP contribution in [0.1, 0.15) is 30.5 Å². The van der Waals surface area contributed by atoms with Gasteiger partial charge in [-0.1, -0.05) is 52.3 Å². The Bertz CT molecular complexity index is 1000. The fraction of sp³-hybridized carbons (Fsp3) is 0.273. The molecule has 0 N–H and O–H groups in total. The fourth-order valence-corrected chi connectivity index (χ4v) is 6.88. The van der Waals surface area contributed by atoms with Gasteiger partial charge in [0.05, 0.1) is 12.3 Å². The Morgan fingerprint density at radius 3 is 2.27 bits per heavy atom. The third kappa shape index (κ3) is 3.17. The summed E-state index contributed by atoms with van der Waals surface area (Å²) in [6.07, 6.45) is 2.48. The van der Waals surface area contributed by atoms with Gasteiger partial charge in [-0.3, -0.25) is 4.57 Å². The maximum Gasteiger partial charge on any atom is 0.236 e. The second-order valence-corrected chi connectivity index (χ2v) is 10.4. The molecular weight excluding hydrogens is 407 g/mol. The Morgan fingerprint density at radius 1 is 0.962 bits per heavy atom. The van der Waals surface area contributed by atoms with Crippen LogP contribution in [0.15, 0.2) is 59.1 Å². The molecule has 0 aromatic heterocycles. The van der Waals surface area contributed by atoms with Gasteiger partial charge in [0.1, 0.15) is 0 Å². The molecule has 3 aromatic rings. The molecule has 0 amide bonds. The summed E-state index contributed by atoms with van der Waals surface area (Å²) in [5, 5.41) is 3.31. The lowest BCUT2D eigenvalue weighted by Crippen LogP contribution is -2.13. The normalized spacial score (nSPS) is 15.5. The molecule has 3 aromatic carbocycles. The second kappa shape index (κ2) is 6.96. The van der Waals surface area contributed by atoms with Crippen LogP contribution >= 0.6 is 23.3 Å². The minimum Gasteiger partial charge on any atom is -0.322 e. The van der Waals surface area contributed by atoms with Crippen LogP contribution in [0.5, 0.6) is 0 Å². The first kappa shape index (κ1) is 18.0. The van der Waals surface area contributed by atoms with Crippen LogP contribution in [-0.2, 0) is 28.1 Å². The lowest BCUT2D eigenvalue weighted by Gasteiger charge is -2.23. The topological polar surface area (TPSA) is 26.3 Å². The van der Waals surface area contributed by atoms with Gasteiger partial charge in [-0.25, -0.2) is 0 Å². The highest BCUT2D eigenvalue weighted by molar-refractivity contribution is 9.10. The largest absolute Gasteiger partial charge is 0.322 e. The van der Waals surface area contributed by atoms with Gasteiger partial charge >= 0.3 is 0 Å². The number of benzene rings is 3. The molecular formula is C22H22BrO2P. The third-order valence-electron chi connectivity index (χ3n) is 4.94. The summed E-state index contributed by atoms with van der Waals surface area (Å²) < 4.78 is 21.0. The zero-order valence-corrected chi connectivity index (χ0v) is 17.5. The summed E-state index contributed by atoms with van der Waals surface area (Å²) >= 11 is 3.73. The zero-order chi connectivity index (χ0) is 18.3. The van der Waals surface area contributed by atoms with Crippen molar-refractivity contribution < 1.29 is 9.09 Å². The van der Waals surface area contributed by atoms with E-state index in [1.807, 2.05) is 44.2 Å². The van der Waals surface area contributed by atoms with E-state index in [1.165, 1.54) is 21.9 Å². The Labute approximate surface area is 163 Å². The van der Waals surface area contributed by atoms with Gasteiger partial charge < -0.3 is 4.52 Å². The number of halogens is 1. The average Bonchev–Trinajstić information content (AvgIpc) is 3.03. The zero-order valence-electron chi connectivity index (χ0n) is 15.0. The van der Waals surface area contributed by atoms with Gasteiger partial charge in [0.25, 0.3) is 0 Å². The number of hydrogen-bond donors (Lipinski definition) is 0. The van der Waals surface area contributed by atoms with Crippen molar-refractivity contribution in [2.24, 2.45) is 0 Å². The Balaban J connectivity index is 1.86. The van der Waals surface area contributed by atoms with Crippen molar-refractivity contribution in [2.75, 3.05) is 0 Å². The van der Waals surface area contributed by atoms with Crippen molar-refractivity contribution in [3.63, 3.8) is 0 Å². The quantitative estimate of drug-likeness (QED) is 0.450. The van der Waals surface area contributed by atoms with E-state index >= 15 is 0 Å². The summed E-state index contributed by atoms with van der Waals surface area (Å²) in [5.74, 6) is 0. The molecule has 0 heterocycles. The van der Waals surface area contributed by atoms with Crippen LogP contribution in [0.4, 0.5) is 0 Å². The lowest BCUT2D eigenvalue weighted by atomic mass is 10.0. The van der Waals surface area contributed by atoms with Crippen molar-refractivity contribution in [2.45, 2.75) is 39.0 Å². The standard InChI is InChI=1S/C22H22BrO2P/c1-15(2)25-26(24,19-6-4-3-5-7-19)14-18-11-10-16-8-9-17-12-13-20(23)22(18)21(16)17/h3-7,10-13,15H,8-9,14H2,1-2H3/t26-/m1/s1. The minimum absolute atomic E-state index is 0.0961. The van der Waals surface area contributed by atoms with E-state index in [4.69, 9.17) is 4.52 Å². The first-order chi connectivity index (χ1) is 12.5. The van der Waals surface area contributed by atoms with Crippen LogP contribution in [0.3, 0.4) is 0 Å². The smallest absolute Gasteiger partial charge is 0.236 e. The molecule has 0 fully saturated rings. The van der Waals surface area contributed by atoms with E-state index in [2.05, 4.69) is 40.2 Å². The van der Waals surface area contributed by atoms with Crippen molar-refractivity contribution >= 4 is 39.4 Å². The van der Waals surface area contributed by atoms with Crippen LogP contribution < -0.4 is 5.30 Å². The van der Waals surface area contributed by atoms with Gasteiger partial charge in [0, 0.05) is 15.2 Å². The summed E-state index contributed by atoms with van der Waals surface area (Å²) in [7, 11) is -3.00. The first-order valence-corrected chi connectivity index (χ1v) is 11.6. The van der Waals surface area contributed by atoms with Gasteiger partial charge in [-0.15, -0.1) is 0 Å². The molecule has 0 unspecified atom stereocenters. The van der Waals surface area contributed by atoms with E-state index in [-0.39, 0.29) is 6.10 Å². The molecule has 1 aliphatic carbocycles. The van der Waals surface area contributed by atoms with Gasteiger partial charge in [-0.2, -0.15) is 0 Å². The third-order valence-corrected chi connectivity index (χ3v) is 8.21. The molecule has 0 saturated carbocycles. The van der Waals surface area contributed by atoms with Crippen molar-refractivity contribution in [1.29, 1.82) is 0 Å². The molecule has 0 radical (unpaired) electrons. The molecule has 0 bridgehead atoms. The molecule has 1 atom stereocenters. The lowest BCUT2D eigenvalue weighted by molar-refractivity contribution is 0.248. The SMILES string of the molecule is CC(C)O[P@](=O)(Cc1ccc2c3c(ccc(Br)c13)CC2)c1ccccc1. The number of aryl methyl sites for hydroxylation is 2. The van der Waals surface area contributed by atoms with E-state index in [1.54, 1.807) is 0 Å². The molecule has 26 heavy (non-hydrogen) atoms. The first-order valence-electron chi connectivity index (χ1n) is 9.03. The van der Waals surface area contributed by atoms with Crippen LogP contribution in [0.25, 0.3) is 10.8 Å². The van der Waals surface area contributed by atoms with E-state index in [9.17, 15) is 4.57 Å². The highest BCUT2D eigenvalue weighted by Gasteiger charge is 2.29. The average molecular weight is 429 g/mol. The number of hydrogen-bond acceptors (Lipinski definition) is 2. The van der Waals surface area contributed by atoms with Crippen LogP contribution in [0.2, 0.25) is 0 Å². The number of rotatable bonds is 5. The summed E-state index contributed by atoms with van der Waals surface area (Å²) in [6.45, 7) is 3.89. The maximum absolute atomic E-state index is 13.9. The predicted octanol–water partition coefficient (Wildman–Crippen LogP) is 6.23. The molecule has 134 valence electrons. The van der Waals surface area contributed by atoms with Gasteiger partial charge in [-0.05, 0) is 67.0 Å². The Morgan fingerprint density at radius 2 is 1.62 bits per heavy atom. The fourth-order valence-electron chi connectivity index (χ4n) is 3.90. The molecule has 0 saturated heterocycles. The maximum atomic E-state index is 13.9. The van der Waals surface area contributed by atoms with E-state index < -0.39 is 7.37 Å². The molecule has 4 rings (SSSR count). The molecule has 0 aliphatic heterocycles. The molecule has 0 spiro atoms. The minimum atomic E-state index is -3.00. The molecule has 2 nitrogen and oxygen atoms in total. The monoisotopic (exact) mass is 428 g/mol. The highest BCUT2D eigenvalue weighted by Crippen LogP contribution is 2.52. The predicted molar refractivity (Wildman–Crippen MR) is 113 cm³/mol. The Hall–Kier alpha value is -1.41. The van der Waals surface area contributed by atoms with E-state index in [0.717, 1.165) is 28.2 Å². The van der Waals surface area contributed by atoms with Gasteiger partial charge in [0.15, 0.2) is 0 Å². The molecule has 4 heteroatoms. The second-order valence-electron chi connectivity index (χ2n) is 7.16.